The number of hydrogen-bond acceptors (Lipinski definition) is 2. The molecule has 1 aliphatic heterocycles. The van der Waals surface area contributed by atoms with E-state index in [1.54, 1.807) is 0 Å². The molecule has 0 aromatic carbocycles. The zero-order valence-corrected chi connectivity index (χ0v) is 15.3. The molecule has 1 saturated carbocycles. The molecule has 0 spiro atoms. The molecule has 0 aromatic heterocycles. The van der Waals surface area contributed by atoms with Crippen molar-refractivity contribution in [2.24, 2.45) is 17.3 Å². The molecule has 2 rings (SSSR count). The van der Waals surface area contributed by atoms with E-state index in [0.29, 0.717) is 11.5 Å². The summed E-state index contributed by atoms with van der Waals surface area (Å²) in [6.07, 6.45) is 6.98. The summed E-state index contributed by atoms with van der Waals surface area (Å²) >= 11 is 0. The van der Waals surface area contributed by atoms with Gasteiger partial charge in [-0.2, -0.15) is 0 Å². The zero-order chi connectivity index (χ0) is 15.6. The van der Waals surface area contributed by atoms with Crippen molar-refractivity contribution in [3.8, 4) is 0 Å². The van der Waals surface area contributed by atoms with Gasteiger partial charge in [-0.3, -0.25) is 4.90 Å². The van der Waals surface area contributed by atoms with E-state index in [1.165, 1.54) is 45.2 Å². The summed E-state index contributed by atoms with van der Waals surface area (Å²) in [6.45, 7) is 17.0. The SMILES string of the molecule is CC(C)CC1CN(C2CCCCC2(C)C)C(C(C)C)CN1. The van der Waals surface area contributed by atoms with E-state index in [4.69, 9.17) is 0 Å². The van der Waals surface area contributed by atoms with Crippen LogP contribution in [0.1, 0.15) is 73.6 Å². The maximum Gasteiger partial charge on any atom is 0.0247 e. The fraction of sp³-hybridized carbons (Fsp3) is 1.00. The third kappa shape index (κ3) is 4.22. The van der Waals surface area contributed by atoms with E-state index >= 15 is 0 Å². The molecule has 2 fully saturated rings. The third-order valence-electron chi connectivity index (χ3n) is 5.85. The molecule has 2 nitrogen and oxygen atoms in total. The summed E-state index contributed by atoms with van der Waals surface area (Å²) in [5.74, 6) is 1.54. The van der Waals surface area contributed by atoms with Crippen molar-refractivity contribution in [2.75, 3.05) is 13.1 Å². The van der Waals surface area contributed by atoms with Crippen molar-refractivity contribution in [2.45, 2.75) is 91.8 Å². The Hall–Kier alpha value is -0.0800. The molecule has 1 heterocycles. The highest BCUT2D eigenvalue weighted by Gasteiger charge is 2.42. The summed E-state index contributed by atoms with van der Waals surface area (Å²) in [7, 11) is 0. The summed E-state index contributed by atoms with van der Waals surface area (Å²) in [5, 5.41) is 3.84. The van der Waals surface area contributed by atoms with Gasteiger partial charge < -0.3 is 5.32 Å². The van der Waals surface area contributed by atoms with E-state index in [-0.39, 0.29) is 0 Å². The van der Waals surface area contributed by atoms with Crippen LogP contribution >= 0.6 is 0 Å². The highest BCUT2D eigenvalue weighted by Crippen LogP contribution is 2.40. The maximum atomic E-state index is 3.84. The van der Waals surface area contributed by atoms with Crippen molar-refractivity contribution in [1.82, 2.24) is 10.2 Å². The molecule has 124 valence electrons. The number of nitrogens with one attached hydrogen (secondary N) is 1. The Balaban J connectivity index is 2.13. The Morgan fingerprint density at radius 3 is 2.43 bits per heavy atom. The van der Waals surface area contributed by atoms with Gasteiger partial charge in [-0.05, 0) is 36.5 Å². The minimum Gasteiger partial charge on any atom is -0.311 e. The first kappa shape index (κ1) is 17.3. The minimum absolute atomic E-state index is 0.491. The Morgan fingerprint density at radius 1 is 1.14 bits per heavy atom. The maximum absolute atomic E-state index is 3.84. The van der Waals surface area contributed by atoms with Gasteiger partial charge in [-0.1, -0.05) is 54.4 Å². The second-order valence-electron chi connectivity index (χ2n) is 8.99. The predicted molar refractivity (Wildman–Crippen MR) is 92.6 cm³/mol. The summed E-state index contributed by atoms with van der Waals surface area (Å²) in [5.41, 5.74) is 0.491. The molecule has 0 bridgehead atoms. The highest BCUT2D eigenvalue weighted by atomic mass is 15.3. The van der Waals surface area contributed by atoms with Crippen molar-refractivity contribution < 1.29 is 0 Å². The Kier molecular flexibility index (Phi) is 5.76. The molecule has 2 heteroatoms. The lowest BCUT2D eigenvalue weighted by molar-refractivity contribution is -0.0216. The first-order valence-corrected chi connectivity index (χ1v) is 9.30. The van der Waals surface area contributed by atoms with Crippen LogP contribution in [0.2, 0.25) is 0 Å². The van der Waals surface area contributed by atoms with E-state index in [2.05, 4.69) is 51.8 Å². The van der Waals surface area contributed by atoms with E-state index in [9.17, 15) is 0 Å². The van der Waals surface area contributed by atoms with Crippen LogP contribution in [0, 0.1) is 17.3 Å². The number of nitrogens with zero attached hydrogens (tertiary/aromatic N) is 1. The minimum atomic E-state index is 0.491. The Bertz CT molecular complexity index is 322. The van der Waals surface area contributed by atoms with Gasteiger partial charge in [0.05, 0.1) is 0 Å². The molecular weight excluding hydrogens is 256 g/mol. The molecule has 1 aliphatic carbocycles. The number of hydrogen-bond donors (Lipinski definition) is 1. The molecule has 3 unspecified atom stereocenters. The van der Waals surface area contributed by atoms with Gasteiger partial charge in [-0.15, -0.1) is 0 Å². The average molecular weight is 295 g/mol. The van der Waals surface area contributed by atoms with E-state index in [0.717, 1.165) is 23.9 Å². The molecule has 1 N–H and O–H groups in total. The fourth-order valence-corrected chi connectivity index (χ4v) is 4.65. The summed E-state index contributed by atoms with van der Waals surface area (Å²) in [6, 6.07) is 2.20. The van der Waals surface area contributed by atoms with Crippen molar-refractivity contribution in [1.29, 1.82) is 0 Å². The van der Waals surface area contributed by atoms with Crippen molar-refractivity contribution in [3.05, 3.63) is 0 Å². The molecule has 0 radical (unpaired) electrons. The van der Waals surface area contributed by atoms with Crippen LogP contribution < -0.4 is 5.32 Å². The van der Waals surface area contributed by atoms with E-state index < -0.39 is 0 Å². The Morgan fingerprint density at radius 2 is 1.86 bits per heavy atom. The van der Waals surface area contributed by atoms with Gasteiger partial charge in [0.15, 0.2) is 0 Å². The molecule has 2 aliphatic rings. The fourth-order valence-electron chi connectivity index (χ4n) is 4.65. The van der Waals surface area contributed by atoms with E-state index in [1.807, 2.05) is 0 Å². The van der Waals surface area contributed by atoms with Crippen LogP contribution in [-0.4, -0.2) is 36.1 Å². The van der Waals surface area contributed by atoms with Crippen molar-refractivity contribution in [3.63, 3.8) is 0 Å². The van der Waals surface area contributed by atoms with Crippen LogP contribution in [0.4, 0.5) is 0 Å². The number of rotatable bonds is 4. The lowest BCUT2D eigenvalue weighted by Gasteiger charge is -2.53. The van der Waals surface area contributed by atoms with Gasteiger partial charge in [0.25, 0.3) is 0 Å². The summed E-state index contributed by atoms with van der Waals surface area (Å²) in [4.78, 5) is 2.91. The smallest absolute Gasteiger partial charge is 0.0247 e. The molecule has 0 amide bonds. The zero-order valence-electron chi connectivity index (χ0n) is 15.3. The first-order chi connectivity index (χ1) is 9.81. The third-order valence-corrected chi connectivity index (χ3v) is 5.85. The standard InChI is InChI=1S/C19H38N2/c1-14(2)11-16-13-21(17(12-20-16)15(3)4)18-9-7-8-10-19(18,5)6/h14-18,20H,7-13H2,1-6H3. The topological polar surface area (TPSA) is 15.3 Å². The highest BCUT2D eigenvalue weighted by molar-refractivity contribution is 4.97. The van der Waals surface area contributed by atoms with Gasteiger partial charge >= 0.3 is 0 Å². The Labute approximate surface area is 133 Å². The van der Waals surface area contributed by atoms with Crippen LogP contribution in [0.3, 0.4) is 0 Å². The normalized spacial score (nSPS) is 34.6. The number of piperazine rings is 1. The van der Waals surface area contributed by atoms with Gasteiger partial charge in [0, 0.05) is 31.2 Å². The second-order valence-corrected chi connectivity index (χ2v) is 8.99. The molecule has 3 atom stereocenters. The first-order valence-electron chi connectivity index (χ1n) is 9.30. The lowest BCUT2D eigenvalue weighted by Crippen LogP contribution is -2.64. The monoisotopic (exact) mass is 294 g/mol. The van der Waals surface area contributed by atoms with Crippen LogP contribution in [0.5, 0.6) is 0 Å². The van der Waals surface area contributed by atoms with Crippen LogP contribution in [0.25, 0.3) is 0 Å². The second kappa shape index (κ2) is 7.00. The van der Waals surface area contributed by atoms with Crippen LogP contribution in [-0.2, 0) is 0 Å². The molecule has 0 aromatic rings. The van der Waals surface area contributed by atoms with Gasteiger partial charge in [-0.25, -0.2) is 0 Å². The molecule has 21 heavy (non-hydrogen) atoms. The largest absolute Gasteiger partial charge is 0.311 e. The average Bonchev–Trinajstić information content (AvgIpc) is 2.37. The van der Waals surface area contributed by atoms with Gasteiger partial charge in [0.1, 0.15) is 0 Å². The van der Waals surface area contributed by atoms with Crippen molar-refractivity contribution >= 4 is 0 Å². The quantitative estimate of drug-likeness (QED) is 0.831. The predicted octanol–water partition coefficient (Wildman–Crippen LogP) is 4.30. The molecular formula is C19H38N2. The summed E-state index contributed by atoms with van der Waals surface area (Å²) < 4.78 is 0. The van der Waals surface area contributed by atoms with Crippen LogP contribution in [0.15, 0.2) is 0 Å². The van der Waals surface area contributed by atoms with Gasteiger partial charge in [0.2, 0.25) is 0 Å². The lowest BCUT2D eigenvalue weighted by atomic mass is 9.71. The molecule has 1 saturated heterocycles.